The molecule has 0 aromatic carbocycles. The van der Waals surface area contributed by atoms with Crippen molar-refractivity contribution >= 4 is 40.7 Å². The molecule has 21 heavy (non-hydrogen) atoms. The summed E-state index contributed by atoms with van der Waals surface area (Å²) in [6, 6.07) is 3.78. The molecule has 2 heterocycles. The topological polar surface area (TPSA) is 65.5 Å². The highest BCUT2D eigenvalue weighted by atomic mass is 35.5. The summed E-state index contributed by atoms with van der Waals surface area (Å²) in [4.78, 5) is 6.61. The Morgan fingerprint density at radius 1 is 1.33 bits per heavy atom. The van der Waals surface area contributed by atoms with E-state index in [0.717, 1.165) is 37.6 Å². The molecule has 2 rings (SSSR count). The minimum atomic E-state index is -3.17. The number of aromatic nitrogens is 1. The Kier molecular flexibility index (Phi) is 8.50. The van der Waals surface area contributed by atoms with E-state index in [1.54, 1.807) is 13.2 Å². The maximum absolute atomic E-state index is 11.5. The number of rotatable bonds is 4. The standard InChI is InChI=1S/C12H20N4O2S.2ClH/c1-15(19(2,17)18)10-11-4-3-5-14-12(11)16-8-6-13-7-9-16;;/h3-5,13H,6-10H2,1-2H3;2*1H. The molecule has 0 amide bonds. The second-order valence-corrected chi connectivity index (χ2v) is 6.83. The van der Waals surface area contributed by atoms with Gasteiger partial charge >= 0.3 is 0 Å². The summed E-state index contributed by atoms with van der Waals surface area (Å²) < 4.78 is 24.4. The van der Waals surface area contributed by atoms with Gasteiger partial charge in [-0.25, -0.2) is 17.7 Å². The molecule has 122 valence electrons. The van der Waals surface area contributed by atoms with Gasteiger partial charge in [0.25, 0.3) is 0 Å². The monoisotopic (exact) mass is 356 g/mol. The third kappa shape index (κ3) is 5.60. The molecule has 0 bridgehead atoms. The number of hydrogen-bond acceptors (Lipinski definition) is 5. The zero-order valence-electron chi connectivity index (χ0n) is 12.2. The highest BCUT2D eigenvalue weighted by Crippen LogP contribution is 2.19. The molecule has 0 spiro atoms. The van der Waals surface area contributed by atoms with Gasteiger partial charge in [-0.05, 0) is 6.07 Å². The van der Waals surface area contributed by atoms with Gasteiger partial charge in [0, 0.05) is 51.5 Å². The zero-order chi connectivity index (χ0) is 13.9. The van der Waals surface area contributed by atoms with Crippen LogP contribution in [-0.4, -0.2) is 57.2 Å². The van der Waals surface area contributed by atoms with Crippen molar-refractivity contribution in [1.82, 2.24) is 14.6 Å². The molecule has 0 unspecified atom stereocenters. The van der Waals surface area contributed by atoms with Gasteiger partial charge in [0.2, 0.25) is 10.0 Å². The summed E-state index contributed by atoms with van der Waals surface area (Å²) in [5, 5.41) is 3.29. The van der Waals surface area contributed by atoms with Crippen LogP contribution in [0.15, 0.2) is 18.3 Å². The van der Waals surface area contributed by atoms with Crippen LogP contribution in [0.25, 0.3) is 0 Å². The van der Waals surface area contributed by atoms with Crippen molar-refractivity contribution < 1.29 is 8.42 Å². The van der Waals surface area contributed by atoms with E-state index in [9.17, 15) is 8.42 Å². The number of halogens is 2. The molecule has 1 fully saturated rings. The minimum absolute atomic E-state index is 0. The van der Waals surface area contributed by atoms with E-state index >= 15 is 0 Å². The van der Waals surface area contributed by atoms with Crippen LogP contribution in [0.4, 0.5) is 5.82 Å². The number of nitrogens with one attached hydrogen (secondary N) is 1. The Hall–Kier alpha value is -0.600. The van der Waals surface area contributed by atoms with Crippen molar-refractivity contribution in [2.75, 3.05) is 44.4 Å². The van der Waals surface area contributed by atoms with Crippen LogP contribution in [-0.2, 0) is 16.6 Å². The molecule has 0 aliphatic carbocycles. The first-order valence-corrected chi connectivity index (χ1v) is 8.14. The van der Waals surface area contributed by atoms with Crippen LogP contribution < -0.4 is 10.2 Å². The Bertz CT molecular complexity index is 536. The van der Waals surface area contributed by atoms with E-state index < -0.39 is 10.0 Å². The van der Waals surface area contributed by atoms with E-state index in [1.165, 1.54) is 10.6 Å². The lowest BCUT2D eigenvalue weighted by Crippen LogP contribution is -2.44. The zero-order valence-corrected chi connectivity index (χ0v) is 14.6. The molecule has 1 N–H and O–H groups in total. The predicted molar refractivity (Wildman–Crippen MR) is 90.1 cm³/mol. The van der Waals surface area contributed by atoms with Crippen LogP contribution >= 0.6 is 24.8 Å². The summed E-state index contributed by atoms with van der Waals surface area (Å²) in [5.41, 5.74) is 0.942. The molecule has 1 aromatic heterocycles. The molecule has 0 saturated carbocycles. The van der Waals surface area contributed by atoms with E-state index in [-0.39, 0.29) is 24.8 Å². The van der Waals surface area contributed by atoms with E-state index in [2.05, 4.69) is 15.2 Å². The van der Waals surface area contributed by atoms with Crippen molar-refractivity contribution in [2.45, 2.75) is 6.54 Å². The van der Waals surface area contributed by atoms with Crippen molar-refractivity contribution in [3.05, 3.63) is 23.9 Å². The van der Waals surface area contributed by atoms with E-state index in [0.29, 0.717) is 6.54 Å². The van der Waals surface area contributed by atoms with E-state index in [4.69, 9.17) is 0 Å². The van der Waals surface area contributed by atoms with Gasteiger partial charge in [-0.15, -0.1) is 24.8 Å². The number of hydrogen-bond donors (Lipinski definition) is 1. The van der Waals surface area contributed by atoms with Crippen LogP contribution in [0.1, 0.15) is 5.56 Å². The van der Waals surface area contributed by atoms with Gasteiger partial charge in [-0.1, -0.05) is 6.07 Å². The molecular formula is C12H22Cl2N4O2S. The molecule has 6 nitrogen and oxygen atoms in total. The first-order valence-electron chi connectivity index (χ1n) is 6.29. The molecular weight excluding hydrogens is 335 g/mol. The normalized spacial score (nSPS) is 15.3. The first-order chi connectivity index (χ1) is 8.98. The van der Waals surface area contributed by atoms with Gasteiger partial charge in [0.1, 0.15) is 5.82 Å². The lowest BCUT2D eigenvalue weighted by Gasteiger charge is -2.30. The van der Waals surface area contributed by atoms with E-state index in [1.807, 2.05) is 12.1 Å². The molecule has 1 aliphatic rings. The lowest BCUT2D eigenvalue weighted by atomic mass is 10.2. The average Bonchev–Trinajstić information content (AvgIpc) is 2.39. The Balaban J connectivity index is 0.00000200. The largest absolute Gasteiger partial charge is 0.354 e. The maximum Gasteiger partial charge on any atom is 0.211 e. The number of anilines is 1. The lowest BCUT2D eigenvalue weighted by molar-refractivity contribution is 0.470. The molecule has 1 aromatic rings. The van der Waals surface area contributed by atoms with Gasteiger partial charge in [-0.3, -0.25) is 0 Å². The second kappa shape index (κ2) is 8.75. The number of sulfonamides is 1. The maximum atomic E-state index is 11.5. The number of pyridine rings is 1. The van der Waals surface area contributed by atoms with Crippen molar-refractivity contribution in [3.8, 4) is 0 Å². The Labute approximate surface area is 138 Å². The van der Waals surface area contributed by atoms with Crippen LogP contribution in [0.3, 0.4) is 0 Å². The minimum Gasteiger partial charge on any atom is -0.354 e. The molecule has 0 radical (unpaired) electrons. The van der Waals surface area contributed by atoms with Gasteiger partial charge in [-0.2, -0.15) is 0 Å². The molecule has 1 saturated heterocycles. The van der Waals surface area contributed by atoms with Crippen LogP contribution in [0.5, 0.6) is 0 Å². The van der Waals surface area contributed by atoms with Crippen molar-refractivity contribution in [3.63, 3.8) is 0 Å². The van der Waals surface area contributed by atoms with Crippen LogP contribution in [0, 0.1) is 0 Å². The fourth-order valence-electron chi connectivity index (χ4n) is 2.07. The average molecular weight is 357 g/mol. The fourth-order valence-corrected chi connectivity index (χ4v) is 2.45. The van der Waals surface area contributed by atoms with Gasteiger partial charge in [0.15, 0.2) is 0 Å². The van der Waals surface area contributed by atoms with Gasteiger partial charge in [0.05, 0.1) is 6.26 Å². The SMILES string of the molecule is CN(Cc1cccnc1N1CCNCC1)S(C)(=O)=O.Cl.Cl. The smallest absolute Gasteiger partial charge is 0.211 e. The predicted octanol–water partition coefficient (Wildman–Crippen LogP) is 0.726. The molecule has 0 atom stereocenters. The van der Waals surface area contributed by atoms with Crippen molar-refractivity contribution in [1.29, 1.82) is 0 Å². The summed E-state index contributed by atoms with van der Waals surface area (Å²) in [6.45, 7) is 4.00. The summed E-state index contributed by atoms with van der Waals surface area (Å²) in [5.74, 6) is 0.888. The Morgan fingerprint density at radius 3 is 2.52 bits per heavy atom. The summed E-state index contributed by atoms with van der Waals surface area (Å²) in [7, 11) is -1.59. The number of piperazine rings is 1. The third-order valence-corrected chi connectivity index (χ3v) is 4.50. The van der Waals surface area contributed by atoms with Crippen molar-refractivity contribution in [2.24, 2.45) is 0 Å². The Morgan fingerprint density at radius 2 is 1.95 bits per heavy atom. The molecule has 9 heteroatoms. The van der Waals surface area contributed by atoms with Gasteiger partial charge < -0.3 is 10.2 Å². The first kappa shape index (κ1) is 20.4. The summed E-state index contributed by atoms with van der Waals surface area (Å²) in [6.07, 6.45) is 2.97. The fraction of sp³-hybridized carbons (Fsp3) is 0.583. The highest BCUT2D eigenvalue weighted by Gasteiger charge is 2.18. The third-order valence-electron chi connectivity index (χ3n) is 3.24. The van der Waals surface area contributed by atoms with Crippen LogP contribution in [0.2, 0.25) is 0 Å². The number of nitrogens with zero attached hydrogens (tertiary/aromatic N) is 3. The molecule has 1 aliphatic heterocycles. The quantitative estimate of drug-likeness (QED) is 0.861. The highest BCUT2D eigenvalue weighted by molar-refractivity contribution is 7.88. The second-order valence-electron chi connectivity index (χ2n) is 4.74. The summed E-state index contributed by atoms with van der Waals surface area (Å²) >= 11 is 0.